The first-order valence-electron chi connectivity index (χ1n) is 6.24. The third-order valence-electron chi connectivity index (χ3n) is 3.25. The van der Waals surface area contributed by atoms with E-state index in [1.54, 1.807) is 11.4 Å². The van der Waals surface area contributed by atoms with Gasteiger partial charge in [0.15, 0.2) is 5.65 Å². The molecule has 98 valence electrons. The van der Waals surface area contributed by atoms with Gasteiger partial charge < -0.3 is 0 Å². The van der Waals surface area contributed by atoms with Crippen LogP contribution in [0.2, 0.25) is 0 Å². The van der Waals surface area contributed by atoms with Crippen molar-refractivity contribution >= 4 is 5.65 Å². The van der Waals surface area contributed by atoms with Gasteiger partial charge in [0.05, 0.1) is 5.69 Å². The van der Waals surface area contributed by atoms with Crippen molar-refractivity contribution in [2.75, 3.05) is 0 Å². The smallest absolute Gasteiger partial charge is 0.201 e. The molecule has 0 atom stereocenters. The molecule has 0 fully saturated rings. The Morgan fingerprint density at radius 1 is 1.35 bits per heavy atom. The first-order chi connectivity index (χ1) is 9.69. The lowest BCUT2D eigenvalue weighted by Crippen LogP contribution is -2.11. The fraction of sp³-hybridized carbons (Fsp3) is 0.133. The number of rotatable bonds is 2. The van der Waals surface area contributed by atoms with Crippen LogP contribution in [0.25, 0.3) is 5.65 Å². The molecule has 0 amide bonds. The van der Waals surface area contributed by atoms with Gasteiger partial charge in [0.1, 0.15) is 17.5 Å². The van der Waals surface area contributed by atoms with Crippen molar-refractivity contribution in [3.8, 4) is 6.07 Å². The SMILES string of the molecule is Cc1c(C#N)c(=O)cc2nc(Cc3ccccc3)[nH]n12. The zero-order valence-electron chi connectivity index (χ0n) is 10.9. The molecule has 0 bridgehead atoms. The topological polar surface area (TPSA) is 73.9 Å². The van der Waals surface area contributed by atoms with Gasteiger partial charge in [-0.25, -0.2) is 9.50 Å². The van der Waals surface area contributed by atoms with Crippen molar-refractivity contribution in [3.63, 3.8) is 0 Å². The summed E-state index contributed by atoms with van der Waals surface area (Å²) in [7, 11) is 0. The fourth-order valence-corrected chi connectivity index (χ4v) is 2.24. The lowest BCUT2D eigenvalue weighted by atomic mass is 10.1. The molecule has 0 spiro atoms. The number of nitrogens with one attached hydrogen (secondary N) is 1. The number of benzene rings is 1. The third-order valence-corrected chi connectivity index (χ3v) is 3.25. The summed E-state index contributed by atoms with van der Waals surface area (Å²) in [5, 5.41) is 12.1. The first kappa shape index (κ1) is 12.2. The zero-order valence-corrected chi connectivity index (χ0v) is 10.9. The Hall–Kier alpha value is -2.87. The van der Waals surface area contributed by atoms with Gasteiger partial charge in [0, 0.05) is 12.5 Å². The molecule has 2 heterocycles. The number of hydrogen-bond acceptors (Lipinski definition) is 3. The Labute approximate surface area is 115 Å². The van der Waals surface area contributed by atoms with E-state index in [1.165, 1.54) is 6.07 Å². The van der Waals surface area contributed by atoms with E-state index in [2.05, 4.69) is 10.1 Å². The van der Waals surface area contributed by atoms with Gasteiger partial charge in [-0.2, -0.15) is 5.26 Å². The molecular weight excluding hydrogens is 252 g/mol. The number of H-pyrrole nitrogens is 1. The highest BCUT2D eigenvalue weighted by Crippen LogP contribution is 2.10. The fourth-order valence-electron chi connectivity index (χ4n) is 2.24. The van der Waals surface area contributed by atoms with Crippen LogP contribution in [0.5, 0.6) is 0 Å². The van der Waals surface area contributed by atoms with Gasteiger partial charge in [-0.3, -0.25) is 9.89 Å². The highest BCUT2D eigenvalue weighted by atomic mass is 16.1. The van der Waals surface area contributed by atoms with Crippen LogP contribution >= 0.6 is 0 Å². The molecule has 3 aromatic rings. The second-order valence-electron chi connectivity index (χ2n) is 4.61. The molecule has 5 heteroatoms. The number of aromatic amines is 1. The Morgan fingerprint density at radius 2 is 2.10 bits per heavy atom. The number of aryl methyl sites for hydroxylation is 1. The van der Waals surface area contributed by atoms with E-state index in [1.807, 2.05) is 36.4 Å². The normalized spacial score (nSPS) is 10.6. The molecule has 0 aliphatic rings. The number of nitrogens with zero attached hydrogens (tertiary/aromatic N) is 3. The van der Waals surface area contributed by atoms with E-state index >= 15 is 0 Å². The molecule has 0 unspecified atom stereocenters. The Kier molecular flexibility index (Phi) is 2.84. The molecule has 0 saturated heterocycles. The highest BCUT2D eigenvalue weighted by Gasteiger charge is 2.11. The Bertz CT molecular complexity index is 869. The zero-order chi connectivity index (χ0) is 14.1. The van der Waals surface area contributed by atoms with E-state index in [4.69, 9.17) is 5.26 Å². The van der Waals surface area contributed by atoms with E-state index in [0.29, 0.717) is 17.8 Å². The second-order valence-corrected chi connectivity index (χ2v) is 4.61. The van der Waals surface area contributed by atoms with Crippen molar-refractivity contribution in [1.29, 1.82) is 5.26 Å². The second kappa shape index (κ2) is 4.67. The summed E-state index contributed by atoms with van der Waals surface area (Å²) in [6.07, 6.45) is 0.651. The van der Waals surface area contributed by atoms with E-state index in [9.17, 15) is 4.79 Å². The van der Waals surface area contributed by atoms with Crippen molar-refractivity contribution in [2.45, 2.75) is 13.3 Å². The number of nitriles is 1. The molecule has 20 heavy (non-hydrogen) atoms. The first-order valence-corrected chi connectivity index (χ1v) is 6.24. The maximum absolute atomic E-state index is 11.8. The summed E-state index contributed by atoms with van der Waals surface area (Å²) >= 11 is 0. The molecule has 1 aromatic carbocycles. The third kappa shape index (κ3) is 1.97. The van der Waals surface area contributed by atoms with Gasteiger partial charge in [-0.15, -0.1) is 0 Å². The largest absolute Gasteiger partial charge is 0.288 e. The summed E-state index contributed by atoms with van der Waals surface area (Å²) in [5.41, 5.74) is 2.12. The standard InChI is InChI=1S/C15H12N4O/c1-10-12(9-16)13(20)8-15-17-14(18-19(10)15)7-11-5-3-2-4-6-11/h2-6,8H,7H2,1H3,(H,17,18). The summed E-state index contributed by atoms with van der Waals surface area (Å²) in [6, 6.07) is 13.3. The van der Waals surface area contributed by atoms with Gasteiger partial charge in [0.2, 0.25) is 5.43 Å². The minimum atomic E-state index is -0.289. The summed E-state index contributed by atoms with van der Waals surface area (Å²) < 4.78 is 1.68. The summed E-state index contributed by atoms with van der Waals surface area (Å²) in [5.74, 6) is 0.758. The molecule has 0 aliphatic carbocycles. The molecule has 0 aliphatic heterocycles. The van der Waals surface area contributed by atoms with Crippen LogP contribution in [0.15, 0.2) is 41.2 Å². The van der Waals surface area contributed by atoms with Crippen LogP contribution in [0.3, 0.4) is 0 Å². The maximum Gasteiger partial charge on any atom is 0.201 e. The lowest BCUT2D eigenvalue weighted by molar-refractivity contribution is 0.865. The van der Waals surface area contributed by atoms with Crippen molar-refractivity contribution in [3.05, 3.63) is 69.3 Å². The van der Waals surface area contributed by atoms with Gasteiger partial charge in [-0.1, -0.05) is 30.3 Å². The van der Waals surface area contributed by atoms with Crippen LogP contribution in [0, 0.1) is 18.3 Å². The molecule has 3 rings (SSSR count). The Balaban J connectivity index is 2.10. The molecular formula is C15H12N4O. The van der Waals surface area contributed by atoms with Crippen LogP contribution in [-0.4, -0.2) is 14.6 Å². The quantitative estimate of drug-likeness (QED) is 0.766. The number of fused-ring (bicyclic) bond motifs is 1. The van der Waals surface area contributed by atoms with E-state index in [0.717, 1.165) is 11.4 Å². The maximum atomic E-state index is 11.8. The van der Waals surface area contributed by atoms with E-state index < -0.39 is 0 Å². The monoisotopic (exact) mass is 264 g/mol. The lowest BCUT2D eigenvalue weighted by Gasteiger charge is -1.99. The van der Waals surface area contributed by atoms with E-state index in [-0.39, 0.29) is 11.0 Å². The number of aromatic nitrogens is 3. The number of pyridine rings is 1. The van der Waals surface area contributed by atoms with Crippen molar-refractivity contribution in [2.24, 2.45) is 0 Å². The molecule has 5 nitrogen and oxygen atoms in total. The van der Waals surface area contributed by atoms with Gasteiger partial charge >= 0.3 is 0 Å². The van der Waals surface area contributed by atoms with Crippen LogP contribution < -0.4 is 5.43 Å². The van der Waals surface area contributed by atoms with Gasteiger partial charge in [0.25, 0.3) is 0 Å². The predicted molar refractivity (Wildman–Crippen MR) is 74.5 cm³/mol. The van der Waals surface area contributed by atoms with Gasteiger partial charge in [-0.05, 0) is 12.5 Å². The Morgan fingerprint density at radius 3 is 2.80 bits per heavy atom. The van der Waals surface area contributed by atoms with Crippen LogP contribution in [0.4, 0.5) is 0 Å². The minimum Gasteiger partial charge on any atom is -0.288 e. The van der Waals surface area contributed by atoms with Crippen molar-refractivity contribution < 1.29 is 0 Å². The molecule has 2 aromatic heterocycles. The average molecular weight is 264 g/mol. The minimum absolute atomic E-state index is 0.150. The number of hydrogen-bond donors (Lipinski definition) is 1. The molecule has 0 saturated carbocycles. The summed E-state index contributed by atoms with van der Waals surface area (Å²) in [4.78, 5) is 16.2. The summed E-state index contributed by atoms with van der Waals surface area (Å²) in [6.45, 7) is 1.73. The van der Waals surface area contributed by atoms with Crippen LogP contribution in [0.1, 0.15) is 22.6 Å². The molecule has 1 N–H and O–H groups in total. The van der Waals surface area contributed by atoms with Crippen molar-refractivity contribution in [1.82, 2.24) is 14.6 Å². The molecule has 0 radical (unpaired) electrons. The van der Waals surface area contributed by atoms with Crippen LogP contribution in [-0.2, 0) is 6.42 Å². The predicted octanol–water partition coefficient (Wildman–Crippen LogP) is 1.79. The average Bonchev–Trinajstić information content (AvgIpc) is 2.83. The highest BCUT2D eigenvalue weighted by molar-refractivity contribution is 5.46.